The van der Waals surface area contributed by atoms with Gasteiger partial charge in [0.1, 0.15) is 0 Å². The Morgan fingerprint density at radius 2 is 1.78 bits per heavy atom. The Bertz CT molecular complexity index is 235. The Balaban J connectivity index is 2.31. The molecule has 1 aliphatic rings. The van der Waals surface area contributed by atoms with Crippen LogP contribution in [0.1, 0.15) is 71.6 Å². The van der Waals surface area contributed by atoms with Crippen LogP contribution in [0.3, 0.4) is 0 Å². The van der Waals surface area contributed by atoms with E-state index >= 15 is 0 Å². The van der Waals surface area contributed by atoms with Crippen molar-refractivity contribution in [1.29, 1.82) is 0 Å². The van der Waals surface area contributed by atoms with E-state index in [1.54, 1.807) is 0 Å². The van der Waals surface area contributed by atoms with Crippen LogP contribution in [0, 0.1) is 0 Å². The molecular weight excluding hydrogens is 224 g/mol. The molecule has 1 amide bonds. The summed E-state index contributed by atoms with van der Waals surface area (Å²) < 4.78 is 0. The monoisotopic (exact) mass is 254 g/mol. The van der Waals surface area contributed by atoms with E-state index in [9.17, 15) is 4.79 Å². The van der Waals surface area contributed by atoms with E-state index in [4.69, 9.17) is 5.73 Å². The van der Waals surface area contributed by atoms with Crippen molar-refractivity contribution in [2.45, 2.75) is 83.7 Å². The zero-order valence-corrected chi connectivity index (χ0v) is 12.2. The molecule has 106 valence electrons. The fraction of sp³-hybridized carbons (Fsp3) is 0.933. The molecule has 0 bridgehead atoms. The summed E-state index contributed by atoms with van der Waals surface area (Å²) >= 11 is 0. The molecule has 0 aromatic rings. The molecule has 0 heterocycles. The van der Waals surface area contributed by atoms with Crippen LogP contribution in [-0.4, -0.2) is 29.4 Å². The summed E-state index contributed by atoms with van der Waals surface area (Å²) in [4.78, 5) is 14.5. The molecule has 2 N–H and O–H groups in total. The number of carbonyl (C=O) groups is 1. The summed E-state index contributed by atoms with van der Waals surface area (Å²) in [5.41, 5.74) is 5.47. The number of unbranched alkanes of at least 4 members (excludes halogenated alkanes) is 3. The fourth-order valence-electron chi connectivity index (χ4n) is 3.00. The number of hydrogen-bond donors (Lipinski definition) is 1. The highest BCUT2D eigenvalue weighted by Crippen LogP contribution is 2.26. The molecular formula is C15H30N2O. The summed E-state index contributed by atoms with van der Waals surface area (Å²) in [5.74, 6) is 0.365. The average Bonchev–Trinajstić information content (AvgIpc) is 2.82. The van der Waals surface area contributed by atoms with Crippen molar-refractivity contribution in [2.75, 3.05) is 6.54 Å². The number of hydrogen-bond acceptors (Lipinski definition) is 2. The highest BCUT2D eigenvalue weighted by atomic mass is 16.2. The van der Waals surface area contributed by atoms with Crippen LogP contribution in [-0.2, 0) is 4.79 Å². The van der Waals surface area contributed by atoms with Crippen LogP contribution in [0.15, 0.2) is 0 Å². The van der Waals surface area contributed by atoms with Gasteiger partial charge in [0, 0.05) is 18.5 Å². The summed E-state index contributed by atoms with van der Waals surface area (Å²) in [6, 6.07) is 0.867. The molecule has 0 spiro atoms. The van der Waals surface area contributed by atoms with E-state index in [0.717, 1.165) is 38.6 Å². The van der Waals surface area contributed by atoms with Crippen molar-refractivity contribution >= 4 is 5.91 Å². The van der Waals surface area contributed by atoms with Gasteiger partial charge in [-0.15, -0.1) is 0 Å². The first-order valence-electron chi connectivity index (χ1n) is 7.68. The first kappa shape index (κ1) is 15.5. The lowest BCUT2D eigenvalue weighted by atomic mass is 10.1. The van der Waals surface area contributed by atoms with Gasteiger partial charge >= 0.3 is 0 Å². The van der Waals surface area contributed by atoms with Crippen molar-refractivity contribution in [1.82, 2.24) is 4.90 Å². The summed E-state index contributed by atoms with van der Waals surface area (Å²) in [5, 5.41) is 0. The number of nitrogens with two attached hydrogens (primary N) is 1. The molecule has 18 heavy (non-hydrogen) atoms. The molecule has 1 aliphatic carbocycles. The van der Waals surface area contributed by atoms with Gasteiger partial charge in [0.25, 0.3) is 0 Å². The molecule has 0 saturated heterocycles. The third kappa shape index (κ3) is 4.97. The second-order valence-corrected chi connectivity index (χ2v) is 5.79. The average molecular weight is 254 g/mol. The molecule has 0 aromatic carbocycles. The van der Waals surface area contributed by atoms with Gasteiger partial charge in [0.05, 0.1) is 0 Å². The Labute approximate surface area is 112 Å². The van der Waals surface area contributed by atoms with Gasteiger partial charge in [-0.3, -0.25) is 4.79 Å². The lowest BCUT2D eigenvalue weighted by molar-refractivity contribution is -0.135. The highest BCUT2D eigenvalue weighted by molar-refractivity contribution is 5.76. The normalized spacial score (nSPS) is 16.4. The molecule has 0 unspecified atom stereocenters. The minimum Gasteiger partial charge on any atom is -0.337 e. The summed E-state index contributed by atoms with van der Waals surface area (Å²) in [6.45, 7) is 5.06. The van der Waals surface area contributed by atoms with Gasteiger partial charge in [0.15, 0.2) is 0 Å². The molecule has 0 aromatic heterocycles. The lowest BCUT2D eigenvalue weighted by Gasteiger charge is -2.33. The van der Waals surface area contributed by atoms with Crippen molar-refractivity contribution in [3.8, 4) is 0 Å². The molecule has 1 rings (SSSR count). The lowest BCUT2D eigenvalue weighted by Crippen LogP contribution is -2.43. The number of nitrogens with zero attached hydrogens (tertiary/aromatic N) is 1. The van der Waals surface area contributed by atoms with E-state index in [1.807, 2.05) is 0 Å². The van der Waals surface area contributed by atoms with Gasteiger partial charge in [-0.2, -0.15) is 0 Å². The van der Waals surface area contributed by atoms with Crippen LogP contribution >= 0.6 is 0 Å². The Morgan fingerprint density at radius 3 is 2.33 bits per heavy atom. The first-order valence-corrected chi connectivity index (χ1v) is 7.68. The van der Waals surface area contributed by atoms with Crippen LogP contribution < -0.4 is 5.73 Å². The van der Waals surface area contributed by atoms with E-state index in [1.165, 1.54) is 25.7 Å². The number of amides is 1. The third-order valence-electron chi connectivity index (χ3n) is 3.91. The minimum atomic E-state index is 0.352. The SMILES string of the molecule is CC(C)N(C(=O)CCCCCCN)C1CCCC1. The number of rotatable bonds is 8. The molecule has 1 saturated carbocycles. The second-order valence-electron chi connectivity index (χ2n) is 5.79. The van der Waals surface area contributed by atoms with Gasteiger partial charge in [-0.25, -0.2) is 0 Å². The van der Waals surface area contributed by atoms with Gasteiger partial charge < -0.3 is 10.6 Å². The molecule has 0 radical (unpaired) electrons. The highest BCUT2D eigenvalue weighted by Gasteiger charge is 2.27. The van der Waals surface area contributed by atoms with E-state index in [2.05, 4.69) is 18.7 Å². The van der Waals surface area contributed by atoms with Gasteiger partial charge in [0.2, 0.25) is 5.91 Å². The standard InChI is InChI=1S/C15H30N2O/c1-13(2)17(14-9-6-7-10-14)15(18)11-5-3-4-8-12-16/h13-14H,3-12,16H2,1-2H3. The van der Waals surface area contributed by atoms with Crippen molar-refractivity contribution in [3.05, 3.63) is 0 Å². The Kier molecular flexibility index (Phi) is 7.33. The molecule has 3 heteroatoms. The maximum absolute atomic E-state index is 12.3. The van der Waals surface area contributed by atoms with Gasteiger partial charge in [-0.1, -0.05) is 25.7 Å². The zero-order chi connectivity index (χ0) is 13.4. The molecule has 0 atom stereocenters. The van der Waals surface area contributed by atoms with Crippen molar-refractivity contribution in [2.24, 2.45) is 5.73 Å². The smallest absolute Gasteiger partial charge is 0.223 e. The maximum Gasteiger partial charge on any atom is 0.223 e. The minimum absolute atomic E-state index is 0.352. The third-order valence-corrected chi connectivity index (χ3v) is 3.91. The number of carbonyl (C=O) groups excluding carboxylic acids is 1. The Morgan fingerprint density at radius 1 is 1.17 bits per heavy atom. The maximum atomic E-state index is 12.3. The molecule has 1 fully saturated rings. The Hall–Kier alpha value is -0.570. The molecule has 0 aliphatic heterocycles. The fourth-order valence-corrected chi connectivity index (χ4v) is 3.00. The van der Waals surface area contributed by atoms with Crippen LogP contribution in [0.2, 0.25) is 0 Å². The van der Waals surface area contributed by atoms with Gasteiger partial charge in [-0.05, 0) is 46.1 Å². The predicted molar refractivity (Wildman–Crippen MR) is 76.4 cm³/mol. The van der Waals surface area contributed by atoms with E-state index in [-0.39, 0.29) is 0 Å². The quantitative estimate of drug-likeness (QED) is 0.677. The van der Waals surface area contributed by atoms with Crippen LogP contribution in [0.5, 0.6) is 0 Å². The topological polar surface area (TPSA) is 46.3 Å². The first-order chi connectivity index (χ1) is 8.66. The summed E-state index contributed by atoms with van der Waals surface area (Å²) in [7, 11) is 0. The largest absolute Gasteiger partial charge is 0.337 e. The summed E-state index contributed by atoms with van der Waals surface area (Å²) in [6.07, 6.45) is 10.1. The predicted octanol–water partition coefficient (Wildman–Crippen LogP) is 3.08. The second kappa shape index (κ2) is 8.52. The van der Waals surface area contributed by atoms with E-state index in [0.29, 0.717) is 18.0 Å². The van der Waals surface area contributed by atoms with Crippen molar-refractivity contribution in [3.63, 3.8) is 0 Å². The van der Waals surface area contributed by atoms with E-state index < -0.39 is 0 Å². The van der Waals surface area contributed by atoms with Crippen LogP contribution in [0.4, 0.5) is 0 Å². The molecule has 3 nitrogen and oxygen atoms in total. The van der Waals surface area contributed by atoms with Crippen LogP contribution in [0.25, 0.3) is 0 Å². The van der Waals surface area contributed by atoms with Crippen molar-refractivity contribution < 1.29 is 4.79 Å². The zero-order valence-electron chi connectivity index (χ0n) is 12.2.